The zero-order valence-electron chi connectivity index (χ0n) is 7.75. The summed E-state index contributed by atoms with van der Waals surface area (Å²) in [5, 5.41) is 0. The van der Waals surface area contributed by atoms with E-state index in [4.69, 9.17) is 22.2 Å². The molecule has 84 valence electrons. The minimum atomic E-state index is -3.84. The van der Waals surface area contributed by atoms with Crippen LogP contribution >= 0.6 is 19.5 Å². The molecule has 0 aromatic carbocycles. The number of rotatable bonds is 5. The third-order valence-corrected chi connectivity index (χ3v) is 4.11. The number of Topliss-reactive ketones (excluding diaryl/α,β-unsaturated/α-hetero) is 1. The van der Waals surface area contributed by atoms with Crippen molar-refractivity contribution in [2.24, 2.45) is 5.90 Å². The number of hydrogen-bond donors (Lipinski definition) is 1. The first-order valence-corrected chi connectivity index (χ1v) is 5.83. The molecule has 0 aliphatic heterocycles. The average Bonchev–Trinajstić information content (AvgIpc) is 2.79. The molecule has 1 aromatic heterocycles. The molecule has 2 unspecified atom stereocenters. The molecule has 0 saturated carbocycles. The van der Waals surface area contributed by atoms with E-state index in [2.05, 4.69) is 8.70 Å². The van der Waals surface area contributed by atoms with Crippen molar-refractivity contribution in [2.45, 2.75) is 12.6 Å². The fraction of sp³-hybridized carbons (Fsp3) is 0.286. The SMILES string of the molecule is CC(C(=O)c1ccco1)P(=O)(ON)OCl. The highest BCUT2D eigenvalue weighted by atomic mass is 35.5. The van der Waals surface area contributed by atoms with Gasteiger partial charge < -0.3 is 4.42 Å². The highest BCUT2D eigenvalue weighted by Crippen LogP contribution is 2.53. The topological polar surface area (TPSA) is 91.8 Å². The fourth-order valence-corrected chi connectivity index (χ4v) is 2.14. The van der Waals surface area contributed by atoms with Crippen molar-refractivity contribution in [1.82, 2.24) is 0 Å². The normalized spacial score (nSPS) is 17.0. The summed E-state index contributed by atoms with van der Waals surface area (Å²) in [5.41, 5.74) is -1.13. The summed E-state index contributed by atoms with van der Waals surface area (Å²) >= 11 is 4.96. The Kier molecular flexibility index (Phi) is 4.07. The van der Waals surface area contributed by atoms with Crippen molar-refractivity contribution in [3.63, 3.8) is 0 Å². The lowest BCUT2D eigenvalue weighted by atomic mass is 10.2. The Morgan fingerprint density at radius 2 is 2.40 bits per heavy atom. The second-order valence-corrected chi connectivity index (χ2v) is 5.35. The van der Waals surface area contributed by atoms with Gasteiger partial charge in [-0.25, -0.2) is 10.5 Å². The summed E-state index contributed by atoms with van der Waals surface area (Å²) < 4.78 is 24.7. The third-order valence-electron chi connectivity index (χ3n) is 1.86. The number of hydrogen-bond acceptors (Lipinski definition) is 6. The van der Waals surface area contributed by atoms with Crippen LogP contribution in [0.4, 0.5) is 0 Å². The fourth-order valence-electron chi connectivity index (χ4n) is 0.936. The number of nitrogens with two attached hydrogens (primary N) is 1. The van der Waals surface area contributed by atoms with E-state index in [1.54, 1.807) is 0 Å². The maximum absolute atomic E-state index is 11.6. The molecule has 0 aliphatic carbocycles. The maximum Gasteiger partial charge on any atom is 0.373 e. The van der Waals surface area contributed by atoms with E-state index in [0.29, 0.717) is 0 Å². The van der Waals surface area contributed by atoms with E-state index in [1.807, 2.05) is 0 Å². The third kappa shape index (κ3) is 2.48. The molecule has 8 heteroatoms. The van der Waals surface area contributed by atoms with E-state index in [9.17, 15) is 9.36 Å². The molecule has 0 fully saturated rings. The van der Waals surface area contributed by atoms with Gasteiger partial charge in [0.1, 0.15) is 5.66 Å². The van der Waals surface area contributed by atoms with Gasteiger partial charge in [0.15, 0.2) is 5.76 Å². The van der Waals surface area contributed by atoms with Crippen LogP contribution in [-0.4, -0.2) is 11.4 Å². The second kappa shape index (κ2) is 4.92. The van der Waals surface area contributed by atoms with Crippen LogP contribution in [-0.2, 0) is 13.3 Å². The van der Waals surface area contributed by atoms with Gasteiger partial charge >= 0.3 is 7.60 Å². The molecule has 2 atom stereocenters. The molecule has 0 amide bonds. The van der Waals surface area contributed by atoms with Gasteiger partial charge in [0, 0.05) is 0 Å². The zero-order chi connectivity index (χ0) is 11.5. The lowest BCUT2D eigenvalue weighted by Gasteiger charge is -2.15. The van der Waals surface area contributed by atoms with E-state index in [-0.39, 0.29) is 5.76 Å². The molecular weight excluding hydrogens is 245 g/mol. The number of furan rings is 1. The van der Waals surface area contributed by atoms with Crippen molar-refractivity contribution >= 4 is 25.2 Å². The molecule has 0 bridgehead atoms. The van der Waals surface area contributed by atoms with Gasteiger partial charge in [0.05, 0.1) is 18.1 Å². The van der Waals surface area contributed by atoms with Crippen LogP contribution < -0.4 is 5.90 Å². The van der Waals surface area contributed by atoms with Crippen LogP contribution in [0.15, 0.2) is 22.8 Å². The van der Waals surface area contributed by atoms with Crippen LogP contribution in [0.2, 0.25) is 0 Å². The molecule has 0 aliphatic rings. The van der Waals surface area contributed by atoms with Gasteiger partial charge in [0.2, 0.25) is 5.78 Å². The number of carbonyl (C=O) groups excluding carboxylic acids is 1. The molecule has 2 N–H and O–H groups in total. The van der Waals surface area contributed by atoms with Crippen molar-refractivity contribution in [3.05, 3.63) is 24.2 Å². The van der Waals surface area contributed by atoms with Gasteiger partial charge in [-0.3, -0.25) is 9.36 Å². The van der Waals surface area contributed by atoms with Crippen LogP contribution in [0.1, 0.15) is 17.5 Å². The van der Waals surface area contributed by atoms with Crippen molar-refractivity contribution < 1.29 is 22.5 Å². The minimum Gasteiger partial charge on any atom is -0.461 e. The van der Waals surface area contributed by atoms with Crippen LogP contribution in [0, 0.1) is 0 Å². The first-order chi connectivity index (χ1) is 7.05. The standard InChI is InChI=1S/C7H9ClNO5P/c1-5(15(11,13-8)14-9)7(10)6-3-2-4-12-6/h2-5H,9H2,1H3. The average molecular weight is 254 g/mol. The van der Waals surface area contributed by atoms with Crippen LogP contribution in [0.25, 0.3) is 0 Å². The van der Waals surface area contributed by atoms with Crippen molar-refractivity contribution in [1.29, 1.82) is 0 Å². The molecule has 1 heterocycles. The molecule has 0 spiro atoms. The Hall–Kier alpha value is -0.650. The van der Waals surface area contributed by atoms with Gasteiger partial charge in [-0.15, -0.1) is 0 Å². The Morgan fingerprint density at radius 3 is 2.80 bits per heavy atom. The van der Waals surface area contributed by atoms with Crippen LogP contribution in [0.5, 0.6) is 0 Å². The van der Waals surface area contributed by atoms with Gasteiger partial charge in [-0.1, -0.05) is 0 Å². The smallest absolute Gasteiger partial charge is 0.373 e. The summed E-state index contributed by atoms with van der Waals surface area (Å²) in [4.78, 5) is 11.6. The Balaban J connectivity index is 2.90. The molecular formula is C7H9ClNO5P. The maximum atomic E-state index is 11.6. The summed E-state index contributed by atoms with van der Waals surface area (Å²) in [6.07, 6.45) is 1.32. The molecule has 0 radical (unpaired) electrons. The predicted octanol–water partition coefficient (Wildman–Crippen LogP) is 2.10. The largest absolute Gasteiger partial charge is 0.461 e. The van der Waals surface area contributed by atoms with Gasteiger partial charge in [0.25, 0.3) is 0 Å². The summed E-state index contributed by atoms with van der Waals surface area (Å²) in [7, 11) is -3.84. The van der Waals surface area contributed by atoms with E-state index in [1.165, 1.54) is 25.3 Å². The number of halogens is 1. The lowest BCUT2D eigenvalue weighted by molar-refractivity contribution is 0.0953. The number of ketones is 1. The van der Waals surface area contributed by atoms with E-state index in [0.717, 1.165) is 0 Å². The highest BCUT2D eigenvalue weighted by Gasteiger charge is 2.39. The first-order valence-electron chi connectivity index (χ1n) is 3.91. The Labute approximate surface area is 90.9 Å². The van der Waals surface area contributed by atoms with E-state index < -0.39 is 19.0 Å². The van der Waals surface area contributed by atoms with E-state index >= 15 is 0 Å². The second-order valence-electron chi connectivity index (χ2n) is 2.73. The lowest BCUT2D eigenvalue weighted by Crippen LogP contribution is -2.20. The van der Waals surface area contributed by atoms with Crippen molar-refractivity contribution in [3.8, 4) is 0 Å². The zero-order valence-corrected chi connectivity index (χ0v) is 9.40. The molecule has 1 rings (SSSR count). The van der Waals surface area contributed by atoms with Gasteiger partial charge in [-0.05, 0) is 19.1 Å². The predicted molar refractivity (Wildman–Crippen MR) is 52.3 cm³/mol. The molecule has 1 aromatic rings. The van der Waals surface area contributed by atoms with Gasteiger partial charge in [-0.2, -0.15) is 4.08 Å². The first kappa shape index (κ1) is 12.4. The summed E-state index contributed by atoms with van der Waals surface area (Å²) in [6.45, 7) is 1.32. The monoisotopic (exact) mass is 253 g/mol. The Morgan fingerprint density at radius 1 is 1.73 bits per heavy atom. The quantitative estimate of drug-likeness (QED) is 0.491. The van der Waals surface area contributed by atoms with Crippen molar-refractivity contribution in [2.75, 3.05) is 0 Å². The summed E-state index contributed by atoms with van der Waals surface area (Å²) in [5.74, 6) is 4.23. The minimum absolute atomic E-state index is 0.0356. The number of carbonyl (C=O) groups is 1. The molecule has 15 heavy (non-hydrogen) atoms. The Bertz CT molecular complexity index is 371. The van der Waals surface area contributed by atoms with Crippen LogP contribution in [0.3, 0.4) is 0 Å². The molecule has 0 saturated heterocycles. The molecule has 6 nitrogen and oxygen atoms in total. The summed E-state index contributed by atoms with van der Waals surface area (Å²) in [6, 6.07) is 2.95. The highest BCUT2D eigenvalue weighted by molar-refractivity contribution is 7.56.